The number of methoxy groups -OCH3 is 1. The summed E-state index contributed by atoms with van der Waals surface area (Å²) in [6.45, 7) is -2.26. The Balaban J connectivity index is 0.00000541. The summed E-state index contributed by atoms with van der Waals surface area (Å²) in [4.78, 5) is 58.3. The first-order valence-corrected chi connectivity index (χ1v) is 18.4. The Morgan fingerprint density at radius 2 is 1.40 bits per heavy atom. The number of ether oxygens (including phenoxy) is 3. The fraction of sp³-hybridized carbons (Fsp3) is 0.154. The minimum Gasteiger partial charge on any atom is -0.767 e. The quantitative estimate of drug-likeness (QED) is 0.0328. The Morgan fingerprint density at radius 1 is 0.868 bits per heavy atom. The Kier molecular flexibility index (Phi) is 12.8. The van der Waals surface area contributed by atoms with E-state index in [0.29, 0.717) is 17.0 Å². The number of rotatable bonds is 12. The number of amides is 1. The van der Waals surface area contributed by atoms with Crippen LogP contribution in [0.3, 0.4) is 0 Å². The first-order valence-electron chi connectivity index (χ1n) is 16.2. The van der Waals surface area contributed by atoms with Crippen molar-refractivity contribution in [2.45, 2.75) is 25.0 Å². The molecule has 5 aromatic rings. The van der Waals surface area contributed by atoms with Crippen molar-refractivity contribution in [2.75, 3.05) is 7.11 Å². The van der Waals surface area contributed by atoms with E-state index >= 15 is 0 Å². The predicted molar refractivity (Wildman–Crippen MR) is 200 cm³/mol. The third-order valence-corrected chi connectivity index (χ3v) is 13.4. The van der Waals surface area contributed by atoms with Crippen LogP contribution < -0.4 is 20.7 Å². The summed E-state index contributed by atoms with van der Waals surface area (Å²) in [5, 5.41) is 12.5. The normalized spacial score (nSPS) is 15.6. The van der Waals surface area contributed by atoms with Crippen LogP contribution in [0.1, 0.15) is 24.2 Å². The standard InChI is InChI=1S/C39H34N3O8PS.Ag/c1-26(43)50-35(28-20-23-33(48-2)40-24-28)34-36(44)41(38(34)52)37(39(45)49-25-27-18-21-29(22-19-27)42(46)47)51(30-12-6-3-7-13-30,31-14-8-4-9-15-31)32-16-10-5-11-17-32;/h3-24,34-35,38,52H,25H2,1-2H3;/q;+1/p-1. The molecule has 0 spiro atoms. The topological polar surface area (TPSA) is 138 Å². The van der Waals surface area contributed by atoms with Gasteiger partial charge in [-0.1, -0.05) is 96.4 Å². The summed E-state index contributed by atoms with van der Waals surface area (Å²) >= 11 is 6.09. The molecule has 1 aliphatic heterocycles. The van der Waals surface area contributed by atoms with E-state index in [-0.39, 0.29) is 40.1 Å². The van der Waals surface area contributed by atoms with E-state index in [0.717, 1.165) is 15.9 Å². The molecule has 1 aromatic heterocycles. The van der Waals surface area contributed by atoms with E-state index in [2.05, 4.69) is 4.98 Å². The van der Waals surface area contributed by atoms with Crippen molar-refractivity contribution < 1.29 is 55.9 Å². The SMILES string of the molecule is COc1ccc(C(OC(C)=O)C2C(=O)N(C(C(=O)OCc3ccc([N+](=O)[O-])cc3)=P(c3ccccc3)(c3ccccc3)c3ccccc3)C2[S-])cn1.[Ag+]. The molecule has 0 radical (unpaired) electrons. The summed E-state index contributed by atoms with van der Waals surface area (Å²) in [5.74, 6) is -2.66. The van der Waals surface area contributed by atoms with Crippen LogP contribution in [0, 0.1) is 16.0 Å². The number of non-ortho nitro benzene ring substituents is 1. The molecule has 3 unspecified atom stereocenters. The maximum Gasteiger partial charge on any atom is 1.00 e. The van der Waals surface area contributed by atoms with E-state index < -0.39 is 47.1 Å². The van der Waals surface area contributed by atoms with Gasteiger partial charge in [-0.05, 0) is 39.7 Å². The number of likely N-dealkylation sites (tertiary alicyclic amines) is 1. The molecule has 3 atom stereocenters. The number of aromatic nitrogens is 1. The van der Waals surface area contributed by atoms with Crippen molar-refractivity contribution in [2.24, 2.45) is 5.92 Å². The number of benzene rings is 4. The van der Waals surface area contributed by atoms with Crippen LogP contribution in [0.4, 0.5) is 5.69 Å². The van der Waals surface area contributed by atoms with Gasteiger partial charge in [0.05, 0.1) is 18.0 Å². The fourth-order valence-corrected chi connectivity index (χ4v) is 11.2. The molecule has 11 nitrogen and oxygen atoms in total. The Labute approximate surface area is 327 Å². The zero-order chi connectivity index (χ0) is 36.8. The molecule has 1 saturated heterocycles. The number of hydrogen-bond donors (Lipinski definition) is 0. The van der Waals surface area contributed by atoms with Crippen LogP contribution in [0.2, 0.25) is 0 Å². The largest absolute Gasteiger partial charge is 1.00 e. The van der Waals surface area contributed by atoms with Gasteiger partial charge < -0.3 is 31.7 Å². The minimum absolute atomic E-state index is 0. The van der Waals surface area contributed by atoms with Gasteiger partial charge in [-0.15, -0.1) is 0 Å². The molecule has 4 aromatic carbocycles. The summed E-state index contributed by atoms with van der Waals surface area (Å²) < 4.78 is 16.9. The second kappa shape index (κ2) is 17.2. The summed E-state index contributed by atoms with van der Waals surface area (Å²) in [7, 11) is 1.47. The van der Waals surface area contributed by atoms with E-state index in [4.69, 9.17) is 26.8 Å². The van der Waals surface area contributed by atoms with Gasteiger partial charge in [0.15, 0.2) is 0 Å². The molecule has 2 heterocycles. The molecule has 0 N–H and O–H groups in total. The van der Waals surface area contributed by atoms with Gasteiger partial charge in [0.2, 0.25) is 11.8 Å². The first-order chi connectivity index (χ1) is 25.2. The van der Waals surface area contributed by atoms with Crippen molar-refractivity contribution in [3.63, 3.8) is 0 Å². The number of β-lactam (4-membered cyclic amide) rings is 1. The molecule has 274 valence electrons. The maximum atomic E-state index is 14.9. The van der Waals surface area contributed by atoms with Gasteiger partial charge in [0, 0.05) is 43.8 Å². The van der Waals surface area contributed by atoms with Crippen LogP contribution >= 0.6 is 6.89 Å². The summed E-state index contributed by atoms with van der Waals surface area (Å²) in [5.41, 5.74) is 0.881. The molecule has 53 heavy (non-hydrogen) atoms. The molecular weight excluding hydrogens is 809 g/mol. The van der Waals surface area contributed by atoms with Crippen LogP contribution in [-0.2, 0) is 65.5 Å². The number of nitrogens with zero attached hydrogens (tertiary/aromatic N) is 3. The van der Waals surface area contributed by atoms with E-state index in [1.807, 2.05) is 91.0 Å². The molecule has 1 fully saturated rings. The van der Waals surface area contributed by atoms with Crippen LogP contribution in [-0.4, -0.2) is 50.6 Å². The predicted octanol–water partition coefficient (Wildman–Crippen LogP) is 4.80. The van der Waals surface area contributed by atoms with E-state index in [9.17, 15) is 24.5 Å². The molecule has 1 aliphatic rings. The van der Waals surface area contributed by atoms with Gasteiger partial charge in [0.25, 0.3) is 5.69 Å². The van der Waals surface area contributed by atoms with Crippen LogP contribution in [0.25, 0.3) is 0 Å². The molecule has 1 amide bonds. The number of nitro benzene ring substituents is 1. The van der Waals surface area contributed by atoms with Crippen molar-refractivity contribution in [3.8, 4) is 5.88 Å². The van der Waals surface area contributed by atoms with Crippen molar-refractivity contribution in [1.29, 1.82) is 0 Å². The molecular formula is C39H33AgN3O8PS. The third kappa shape index (κ3) is 7.88. The van der Waals surface area contributed by atoms with Crippen LogP contribution in [0.5, 0.6) is 5.88 Å². The van der Waals surface area contributed by atoms with Gasteiger partial charge in [-0.25, -0.2) is 9.78 Å². The fourth-order valence-electron chi connectivity index (χ4n) is 6.29. The van der Waals surface area contributed by atoms with Crippen molar-refractivity contribution >= 4 is 64.4 Å². The number of pyridine rings is 1. The molecule has 14 heteroatoms. The molecule has 0 saturated carbocycles. The Bertz CT molecular complexity index is 2040. The summed E-state index contributed by atoms with van der Waals surface area (Å²) in [6, 6.07) is 37.3. The number of hydrogen-bond acceptors (Lipinski definition) is 10. The Hall–Kier alpha value is -4.97. The van der Waals surface area contributed by atoms with Crippen molar-refractivity contribution in [3.05, 3.63) is 155 Å². The molecule has 0 aliphatic carbocycles. The van der Waals surface area contributed by atoms with Gasteiger partial charge >= 0.3 is 34.3 Å². The number of nitro groups is 1. The smallest absolute Gasteiger partial charge is 0.767 e. The van der Waals surface area contributed by atoms with E-state index in [1.165, 1.54) is 49.4 Å². The minimum atomic E-state index is -3.27. The average molecular weight is 843 g/mol. The van der Waals surface area contributed by atoms with Gasteiger partial charge in [-0.3, -0.25) is 19.7 Å². The zero-order valence-corrected chi connectivity index (χ0v) is 31.6. The number of carbonyl (C=O) groups excluding carboxylic acids is 3. The Morgan fingerprint density at radius 3 is 1.81 bits per heavy atom. The zero-order valence-electron chi connectivity index (χ0n) is 28.4. The first kappa shape index (κ1) is 39.2. The van der Waals surface area contributed by atoms with Crippen molar-refractivity contribution in [1.82, 2.24) is 9.88 Å². The second-order valence-corrected chi connectivity index (χ2v) is 15.6. The van der Waals surface area contributed by atoms with Gasteiger partial charge in [-0.2, -0.15) is 0 Å². The third-order valence-electron chi connectivity index (χ3n) is 8.68. The average Bonchev–Trinajstić information content (AvgIpc) is 3.18. The molecule has 6 rings (SSSR count). The second-order valence-electron chi connectivity index (χ2n) is 11.8. The number of carbonyl (C=O) groups is 3. The number of esters is 2. The maximum absolute atomic E-state index is 14.9. The summed E-state index contributed by atoms with van der Waals surface area (Å²) in [6.07, 6.45) is 0.361. The van der Waals surface area contributed by atoms with Crippen LogP contribution in [0.15, 0.2) is 134 Å². The van der Waals surface area contributed by atoms with E-state index in [1.54, 1.807) is 12.1 Å². The molecule has 0 bridgehead atoms. The monoisotopic (exact) mass is 841 g/mol. The van der Waals surface area contributed by atoms with Gasteiger partial charge in [0.1, 0.15) is 18.1 Å².